The van der Waals surface area contributed by atoms with Crippen LogP contribution in [0.15, 0.2) is 11.4 Å². The molecule has 0 saturated carbocycles. The van der Waals surface area contributed by atoms with E-state index in [0.717, 1.165) is 12.2 Å². The molecular weight excluding hydrogens is 182 g/mol. The fourth-order valence-corrected chi connectivity index (χ4v) is 2.01. The Hall–Kier alpha value is -0.250. The maximum atomic E-state index is 5.69. The average Bonchev–Trinajstić information content (AvgIpc) is 2.33. The summed E-state index contributed by atoms with van der Waals surface area (Å²) in [6.07, 6.45) is 0.979. The Balaban J connectivity index is 0.000000605. The van der Waals surface area contributed by atoms with Gasteiger partial charge in [-0.3, -0.25) is 0 Å². The summed E-state index contributed by atoms with van der Waals surface area (Å²) < 4.78 is 5.36. The summed E-state index contributed by atoms with van der Waals surface area (Å²) in [6, 6.07) is 2.21. The lowest BCUT2D eigenvalue weighted by atomic mass is 10.1. The van der Waals surface area contributed by atoms with E-state index in [0.29, 0.717) is 6.61 Å². The lowest BCUT2D eigenvalue weighted by Gasteiger charge is -2.18. The first-order valence-electron chi connectivity index (χ1n) is 3.31. The lowest BCUT2D eigenvalue weighted by Crippen LogP contribution is -2.32. The second kappa shape index (κ2) is 3.43. The third-order valence-corrected chi connectivity index (χ3v) is 2.53. The Labute approximate surface area is 75.8 Å². The molecule has 62 valence electrons. The first-order valence-corrected chi connectivity index (χ1v) is 4.19. The minimum absolute atomic E-state index is 0. The molecule has 11 heavy (non-hydrogen) atoms. The highest BCUT2D eigenvalue weighted by Gasteiger charge is 2.16. The molecule has 2 rings (SSSR count). The molecule has 0 aliphatic carbocycles. The number of thiophene rings is 1. The number of ether oxygens (including phenoxy) is 1. The maximum absolute atomic E-state index is 5.69. The van der Waals surface area contributed by atoms with Crippen LogP contribution in [0.2, 0.25) is 0 Å². The number of hydrogen-bond donors (Lipinski definition) is 1. The van der Waals surface area contributed by atoms with E-state index in [2.05, 4.69) is 0 Å². The largest absolute Gasteiger partial charge is 0.491 e. The number of hydrogen-bond acceptors (Lipinski definition) is 3. The fourth-order valence-electron chi connectivity index (χ4n) is 1.10. The molecule has 0 aromatic carbocycles. The van der Waals surface area contributed by atoms with Gasteiger partial charge in [0.25, 0.3) is 0 Å². The van der Waals surface area contributed by atoms with Crippen LogP contribution >= 0.6 is 23.7 Å². The zero-order valence-electron chi connectivity index (χ0n) is 5.95. The summed E-state index contributed by atoms with van der Waals surface area (Å²) in [4.78, 5) is 1.29. The third-order valence-electron chi connectivity index (χ3n) is 1.61. The molecule has 2 nitrogen and oxygen atoms in total. The van der Waals surface area contributed by atoms with Crippen molar-refractivity contribution >= 4 is 23.7 Å². The van der Waals surface area contributed by atoms with Gasteiger partial charge in [-0.05, 0) is 11.4 Å². The van der Waals surface area contributed by atoms with E-state index < -0.39 is 0 Å². The van der Waals surface area contributed by atoms with Gasteiger partial charge < -0.3 is 10.5 Å². The lowest BCUT2D eigenvalue weighted by molar-refractivity contribution is 0.267. The zero-order valence-corrected chi connectivity index (χ0v) is 7.58. The van der Waals surface area contributed by atoms with Gasteiger partial charge in [-0.25, -0.2) is 0 Å². The van der Waals surface area contributed by atoms with Crippen LogP contribution in [0.5, 0.6) is 5.75 Å². The second-order valence-corrected chi connectivity index (χ2v) is 3.48. The summed E-state index contributed by atoms with van der Waals surface area (Å²) in [5.41, 5.74) is 5.69. The maximum Gasteiger partial charge on any atom is 0.133 e. The van der Waals surface area contributed by atoms with Crippen molar-refractivity contribution in [3.63, 3.8) is 0 Å². The van der Waals surface area contributed by atoms with Crippen molar-refractivity contribution < 1.29 is 4.74 Å². The summed E-state index contributed by atoms with van der Waals surface area (Å²) >= 11 is 1.72. The van der Waals surface area contributed by atoms with E-state index in [1.54, 1.807) is 11.3 Å². The molecule has 2 N–H and O–H groups in total. The van der Waals surface area contributed by atoms with Crippen LogP contribution in [0.1, 0.15) is 4.88 Å². The highest BCUT2D eigenvalue weighted by Crippen LogP contribution is 2.28. The van der Waals surface area contributed by atoms with E-state index in [1.165, 1.54) is 4.88 Å². The van der Waals surface area contributed by atoms with Crippen molar-refractivity contribution in [3.05, 3.63) is 16.3 Å². The highest BCUT2D eigenvalue weighted by molar-refractivity contribution is 7.10. The van der Waals surface area contributed by atoms with Crippen molar-refractivity contribution in [2.24, 2.45) is 5.73 Å². The normalized spacial score (nSPS) is 21.4. The molecule has 1 aliphatic heterocycles. The minimum Gasteiger partial charge on any atom is -0.491 e. The van der Waals surface area contributed by atoms with Crippen LogP contribution < -0.4 is 10.5 Å². The van der Waals surface area contributed by atoms with E-state index in [1.807, 2.05) is 11.4 Å². The van der Waals surface area contributed by atoms with E-state index in [-0.39, 0.29) is 18.4 Å². The van der Waals surface area contributed by atoms with E-state index in [4.69, 9.17) is 10.5 Å². The molecule has 0 fully saturated rings. The Morgan fingerprint density at radius 2 is 2.45 bits per heavy atom. The highest BCUT2D eigenvalue weighted by atomic mass is 35.5. The quantitative estimate of drug-likeness (QED) is 0.674. The molecule has 1 aromatic heterocycles. The average molecular weight is 192 g/mol. The summed E-state index contributed by atoms with van der Waals surface area (Å²) in [7, 11) is 0. The van der Waals surface area contributed by atoms with E-state index in [9.17, 15) is 0 Å². The number of rotatable bonds is 0. The zero-order chi connectivity index (χ0) is 6.97. The molecule has 4 heteroatoms. The van der Waals surface area contributed by atoms with Gasteiger partial charge in [-0.2, -0.15) is 0 Å². The number of fused-ring (bicyclic) bond motifs is 1. The van der Waals surface area contributed by atoms with Crippen LogP contribution in [0.4, 0.5) is 0 Å². The number of halogens is 1. The van der Waals surface area contributed by atoms with Crippen LogP contribution in [-0.2, 0) is 6.42 Å². The van der Waals surface area contributed by atoms with Gasteiger partial charge in [-0.15, -0.1) is 23.7 Å². The second-order valence-electron chi connectivity index (χ2n) is 2.48. The van der Waals surface area contributed by atoms with E-state index >= 15 is 0 Å². The molecule has 1 aromatic rings. The molecule has 1 unspecified atom stereocenters. The first kappa shape index (κ1) is 8.84. The Bertz CT molecular complexity index is 238. The van der Waals surface area contributed by atoms with Gasteiger partial charge in [0.05, 0.1) is 0 Å². The smallest absolute Gasteiger partial charge is 0.133 e. The molecule has 0 amide bonds. The summed E-state index contributed by atoms with van der Waals surface area (Å²) in [6.45, 7) is 0.670. The Morgan fingerprint density at radius 1 is 1.64 bits per heavy atom. The SMILES string of the molecule is Cl.NC1COc2ccsc2C1. The fraction of sp³-hybridized carbons (Fsp3) is 0.429. The van der Waals surface area contributed by atoms with Crippen molar-refractivity contribution in [3.8, 4) is 5.75 Å². The molecule has 0 radical (unpaired) electrons. The first-order chi connectivity index (χ1) is 4.86. The van der Waals surface area contributed by atoms with Crippen LogP contribution in [0.3, 0.4) is 0 Å². The standard InChI is InChI=1S/C7H9NOS.ClH/c8-5-3-7-6(9-4-5)1-2-10-7;/h1-2,5H,3-4,8H2;1H. The molecule has 0 saturated heterocycles. The predicted molar refractivity (Wildman–Crippen MR) is 48.7 cm³/mol. The predicted octanol–water partition coefficient (Wildman–Crippen LogP) is 1.43. The Morgan fingerprint density at radius 3 is 3.27 bits per heavy atom. The van der Waals surface area contributed by atoms with Gasteiger partial charge in [0.1, 0.15) is 12.4 Å². The molecular formula is C7H10ClNOS. The minimum atomic E-state index is 0. The topological polar surface area (TPSA) is 35.2 Å². The third kappa shape index (κ3) is 1.67. The van der Waals surface area contributed by atoms with Gasteiger partial charge in [0.15, 0.2) is 0 Å². The molecule has 2 heterocycles. The van der Waals surface area contributed by atoms with Gasteiger partial charge in [0, 0.05) is 17.3 Å². The van der Waals surface area contributed by atoms with Crippen LogP contribution in [0.25, 0.3) is 0 Å². The summed E-state index contributed by atoms with van der Waals surface area (Å²) in [5, 5.41) is 2.04. The number of nitrogens with two attached hydrogens (primary N) is 1. The molecule has 1 atom stereocenters. The van der Waals surface area contributed by atoms with Crippen molar-refractivity contribution in [2.45, 2.75) is 12.5 Å². The van der Waals surface area contributed by atoms with Gasteiger partial charge in [0.2, 0.25) is 0 Å². The van der Waals surface area contributed by atoms with Crippen molar-refractivity contribution in [1.82, 2.24) is 0 Å². The van der Waals surface area contributed by atoms with Crippen LogP contribution in [-0.4, -0.2) is 12.6 Å². The van der Waals surface area contributed by atoms with Gasteiger partial charge >= 0.3 is 0 Å². The van der Waals surface area contributed by atoms with Crippen molar-refractivity contribution in [2.75, 3.05) is 6.61 Å². The molecule has 0 spiro atoms. The monoisotopic (exact) mass is 191 g/mol. The summed E-state index contributed by atoms with van der Waals surface area (Å²) in [5.74, 6) is 1.03. The van der Waals surface area contributed by atoms with Crippen LogP contribution in [0, 0.1) is 0 Å². The Kier molecular flexibility index (Phi) is 2.76. The molecule has 1 aliphatic rings. The molecule has 0 bridgehead atoms. The van der Waals surface area contributed by atoms with Gasteiger partial charge in [-0.1, -0.05) is 0 Å². The van der Waals surface area contributed by atoms with Crippen molar-refractivity contribution in [1.29, 1.82) is 0 Å².